The Morgan fingerprint density at radius 1 is 1.14 bits per heavy atom. The quantitative estimate of drug-likeness (QED) is 0.842. The predicted molar refractivity (Wildman–Crippen MR) is 107 cm³/mol. The number of methoxy groups -OCH3 is 1. The zero-order chi connectivity index (χ0) is 19.9. The van der Waals surface area contributed by atoms with Gasteiger partial charge in [0.1, 0.15) is 5.75 Å². The molecule has 0 aliphatic carbocycles. The highest BCUT2D eigenvalue weighted by Crippen LogP contribution is 2.36. The number of hydrogen-bond donors (Lipinski definition) is 1. The van der Waals surface area contributed by atoms with Gasteiger partial charge in [-0.1, -0.05) is 12.1 Å². The molecule has 0 bridgehead atoms. The number of anilines is 2. The third-order valence-corrected chi connectivity index (χ3v) is 6.31. The lowest BCUT2D eigenvalue weighted by Gasteiger charge is -2.33. The SMILES string of the molecule is COc1cccc2c1N(CC(=O)N1CCc3cc(S(N)(=O)=O)ccc31)CCC2. The number of benzene rings is 2. The lowest BCUT2D eigenvalue weighted by atomic mass is 10.0. The average Bonchev–Trinajstić information content (AvgIpc) is 3.10. The van der Waals surface area contributed by atoms with Gasteiger partial charge in [-0.05, 0) is 54.7 Å². The summed E-state index contributed by atoms with van der Waals surface area (Å²) in [6.45, 7) is 1.59. The Labute approximate surface area is 164 Å². The van der Waals surface area contributed by atoms with E-state index in [0.29, 0.717) is 13.0 Å². The summed E-state index contributed by atoms with van der Waals surface area (Å²) in [6.07, 6.45) is 2.58. The zero-order valence-corrected chi connectivity index (χ0v) is 16.5. The van der Waals surface area contributed by atoms with Gasteiger partial charge < -0.3 is 14.5 Å². The lowest BCUT2D eigenvalue weighted by Crippen LogP contribution is -2.42. The van der Waals surface area contributed by atoms with Crippen molar-refractivity contribution in [3.63, 3.8) is 0 Å². The molecule has 0 saturated heterocycles. The first kappa shape index (κ1) is 18.8. The first-order valence-corrected chi connectivity index (χ1v) is 10.8. The van der Waals surface area contributed by atoms with Crippen LogP contribution in [0.3, 0.4) is 0 Å². The molecule has 0 saturated carbocycles. The predicted octanol–water partition coefficient (Wildman–Crippen LogP) is 1.68. The molecule has 0 radical (unpaired) electrons. The van der Waals surface area contributed by atoms with Crippen LogP contribution < -0.4 is 19.7 Å². The van der Waals surface area contributed by atoms with Crippen LogP contribution in [0.5, 0.6) is 5.75 Å². The van der Waals surface area contributed by atoms with Crippen LogP contribution in [-0.4, -0.2) is 41.1 Å². The van der Waals surface area contributed by atoms with E-state index >= 15 is 0 Å². The van der Waals surface area contributed by atoms with E-state index in [1.807, 2.05) is 12.1 Å². The third kappa shape index (κ3) is 3.33. The summed E-state index contributed by atoms with van der Waals surface area (Å²) >= 11 is 0. The fourth-order valence-electron chi connectivity index (χ4n) is 4.09. The second-order valence-electron chi connectivity index (χ2n) is 7.12. The van der Waals surface area contributed by atoms with Crippen molar-refractivity contribution in [2.45, 2.75) is 24.2 Å². The molecule has 2 N–H and O–H groups in total. The number of amides is 1. The van der Waals surface area contributed by atoms with E-state index in [4.69, 9.17) is 9.88 Å². The second kappa shape index (κ2) is 7.10. The fraction of sp³-hybridized carbons (Fsp3) is 0.350. The van der Waals surface area contributed by atoms with Gasteiger partial charge in [0.25, 0.3) is 0 Å². The smallest absolute Gasteiger partial charge is 0.246 e. The molecule has 2 aliphatic heterocycles. The van der Waals surface area contributed by atoms with Gasteiger partial charge in [0.15, 0.2) is 0 Å². The number of nitrogens with two attached hydrogens (primary N) is 1. The van der Waals surface area contributed by atoms with Crippen molar-refractivity contribution in [3.05, 3.63) is 47.5 Å². The monoisotopic (exact) mass is 401 g/mol. The third-order valence-electron chi connectivity index (χ3n) is 5.40. The van der Waals surface area contributed by atoms with Crippen molar-refractivity contribution in [3.8, 4) is 5.75 Å². The highest BCUT2D eigenvalue weighted by molar-refractivity contribution is 7.89. The Balaban J connectivity index is 1.58. The molecule has 2 aliphatic rings. The molecule has 8 heteroatoms. The summed E-state index contributed by atoms with van der Waals surface area (Å²) in [5.74, 6) is 0.769. The van der Waals surface area contributed by atoms with Crippen molar-refractivity contribution in [2.24, 2.45) is 5.14 Å². The molecule has 7 nitrogen and oxygen atoms in total. The molecule has 2 aromatic carbocycles. The first-order chi connectivity index (χ1) is 13.4. The number of fused-ring (bicyclic) bond motifs is 2. The van der Waals surface area contributed by atoms with E-state index in [1.165, 1.54) is 11.6 Å². The summed E-state index contributed by atoms with van der Waals surface area (Å²) in [7, 11) is -2.11. The number of carbonyl (C=O) groups is 1. The first-order valence-electron chi connectivity index (χ1n) is 9.25. The normalized spacial score (nSPS) is 15.9. The molecular formula is C20H23N3O4S. The van der Waals surface area contributed by atoms with Gasteiger partial charge in [-0.25, -0.2) is 13.6 Å². The highest BCUT2D eigenvalue weighted by Gasteiger charge is 2.29. The number of ether oxygens (including phenoxy) is 1. The van der Waals surface area contributed by atoms with E-state index < -0.39 is 10.0 Å². The molecule has 2 aromatic rings. The van der Waals surface area contributed by atoms with Crippen molar-refractivity contribution < 1.29 is 17.9 Å². The summed E-state index contributed by atoms with van der Waals surface area (Å²) < 4.78 is 28.6. The maximum atomic E-state index is 13.1. The molecule has 0 aromatic heterocycles. The minimum absolute atomic E-state index is 0.0131. The molecule has 0 atom stereocenters. The summed E-state index contributed by atoms with van der Waals surface area (Å²) in [5.41, 5.74) is 3.78. The van der Waals surface area contributed by atoms with Crippen LogP contribution >= 0.6 is 0 Å². The van der Waals surface area contributed by atoms with E-state index in [1.54, 1.807) is 24.1 Å². The molecule has 28 heavy (non-hydrogen) atoms. The average molecular weight is 401 g/mol. The molecule has 2 heterocycles. The summed E-state index contributed by atoms with van der Waals surface area (Å²) in [4.78, 5) is 17.0. The minimum Gasteiger partial charge on any atom is -0.495 e. The van der Waals surface area contributed by atoms with Crippen LogP contribution in [0.25, 0.3) is 0 Å². The van der Waals surface area contributed by atoms with Crippen molar-refractivity contribution in [1.82, 2.24) is 0 Å². The van der Waals surface area contributed by atoms with Gasteiger partial charge in [-0.2, -0.15) is 0 Å². The summed E-state index contributed by atoms with van der Waals surface area (Å²) in [6, 6.07) is 10.7. The Hall–Kier alpha value is -2.58. The standard InChI is InChI=1S/C20H23N3O4S/c1-27-18-6-2-4-14-5-3-10-22(20(14)18)13-19(24)23-11-9-15-12-16(28(21,25)26)7-8-17(15)23/h2,4,6-8,12H,3,5,9-11,13H2,1H3,(H2,21,25,26). The fourth-order valence-corrected chi connectivity index (χ4v) is 4.65. The molecule has 0 spiro atoms. The van der Waals surface area contributed by atoms with Crippen LogP contribution in [-0.2, 0) is 27.7 Å². The lowest BCUT2D eigenvalue weighted by molar-refractivity contribution is -0.117. The molecular weight excluding hydrogens is 378 g/mol. The number of sulfonamides is 1. The van der Waals surface area contributed by atoms with Crippen LogP contribution in [0.4, 0.5) is 11.4 Å². The van der Waals surface area contributed by atoms with Gasteiger partial charge in [0.2, 0.25) is 15.9 Å². The molecule has 4 rings (SSSR count). The van der Waals surface area contributed by atoms with E-state index in [0.717, 1.165) is 42.1 Å². The Bertz CT molecular complexity index is 1020. The van der Waals surface area contributed by atoms with Gasteiger partial charge in [0.05, 0.1) is 24.2 Å². The van der Waals surface area contributed by atoms with Crippen LogP contribution in [0.2, 0.25) is 0 Å². The maximum Gasteiger partial charge on any atom is 0.246 e. The largest absolute Gasteiger partial charge is 0.495 e. The van der Waals surface area contributed by atoms with E-state index in [-0.39, 0.29) is 17.3 Å². The Kier molecular flexibility index (Phi) is 4.76. The zero-order valence-electron chi connectivity index (χ0n) is 15.7. The number of rotatable bonds is 4. The number of aryl methyl sites for hydroxylation is 1. The van der Waals surface area contributed by atoms with Crippen molar-refractivity contribution in [2.75, 3.05) is 36.5 Å². The molecule has 0 unspecified atom stereocenters. The second-order valence-corrected chi connectivity index (χ2v) is 8.69. The van der Waals surface area contributed by atoms with Gasteiger partial charge in [-0.3, -0.25) is 4.79 Å². The molecule has 1 amide bonds. The van der Waals surface area contributed by atoms with Crippen LogP contribution in [0, 0.1) is 0 Å². The van der Waals surface area contributed by atoms with Crippen LogP contribution in [0.1, 0.15) is 17.5 Å². The number of para-hydroxylation sites is 1. The van der Waals surface area contributed by atoms with Gasteiger partial charge in [-0.15, -0.1) is 0 Å². The van der Waals surface area contributed by atoms with E-state index in [2.05, 4.69) is 11.0 Å². The number of hydrogen-bond acceptors (Lipinski definition) is 5. The van der Waals surface area contributed by atoms with Gasteiger partial charge >= 0.3 is 0 Å². The molecule has 0 fully saturated rings. The number of nitrogens with zero attached hydrogens (tertiary/aromatic N) is 2. The van der Waals surface area contributed by atoms with Crippen molar-refractivity contribution >= 4 is 27.3 Å². The van der Waals surface area contributed by atoms with Crippen LogP contribution in [0.15, 0.2) is 41.3 Å². The maximum absolute atomic E-state index is 13.1. The van der Waals surface area contributed by atoms with Crippen molar-refractivity contribution in [1.29, 1.82) is 0 Å². The Morgan fingerprint density at radius 3 is 2.71 bits per heavy atom. The minimum atomic E-state index is -3.75. The number of carbonyl (C=O) groups excluding carboxylic acids is 1. The highest BCUT2D eigenvalue weighted by atomic mass is 32.2. The van der Waals surface area contributed by atoms with E-state index in [9.17, 15) is 13.2 Å². The molecule has 148 valence electrons. The topological polar surface area (TPSA) is 92.9 Å². The summed E-state index contributed by atoms with van der Waals surface area (Å²) in [5, 5.41) is 5.21. The Morgan fingerprint density at radius 2 is 1.96 bits per heavy atom. The van der Waals surface area contributed by atoms with Gasteiger partial charge in [0, 0.05) is 18.8 Å². The number of primary sulfonamides is 1.